The topological polar surface area (TPSA) is 42.4 Å². The van der Waals surface area contributed by atoms with Crippen molar-refractivity contribution in [2.45, 2.75) is 36.6 Å². The first-order chi connectivity index (χ1) is 9.65. The van der Waals surface area contributed by atoms with Crippen molar-refractivity contribution in [2.75, 3.05) is 6.61 Å². The van der Waals surface area contributed by atoms with E-state index in [4.69, 9.17) is 4.74 Å². The van der Waals surface area contributed by atoms with Crippen molar-refractivity contribution in [3.63, 3.8) is 0 Å². The predicted octanol–water partition coefficient (Wildman–Crippen LogP) is 3.36. The van der Waals surface area contributed by atoms with Gasteiger partial charge in [0.15, 0.2) is 0 Å². The molecular weight excluding hydrogens is 270 g/mol. The lowest BCUT2D eigenvalue weighted by molar-refractivity contribution is -0.0131. The third-order valence-corrected chi connectivity index (χ3v) is 5.03. The Labute approximate surface area is 123 Å². The Hall–Kier alpha value is -1.10. The number of hydrogen-bond acceptors (Lipinski definition) is 4. The molecule has 0 aliphatic carbocycles. The standard InChI is InChI=1S/C16H19NO2S/c1-16(18,15-7-4-8-19-15)20-11-12-9-13-5-2-3-6-14(13)17-10-12/h2-3,5-6,9-10,15,18H,4,7-8,11H2,1H3/t15-,16+/m1/s1. The van der Waals surface area contributed by atoms with Gasteiger partial charge in [0, 0.05) is 23.9 Å². The molecular formula is C16H19NO2S. The smallest absolute Gasteiger partial charge is 0.134 e. The summed E-state index contributed by atoms with van der Waals surface area (Å²) in [6.45, 7) is 2.61. The molecule has 2 heterocycles. The maximum absolute atomic E-state index is 10.5. The summed E-state index contributed by atoms with van der Waals surface area (Å²) in [5, 5.41) is 11.6. The number of pyridine rings is 1. The highest BCUT2D eigenvalue weighted by Crippen LogP contribution is 2.35. The van der Waals surface area contributed by atoms with Crippen LogP contribution in [0.4, 0.5) is 0 Å². The third kappa shape index (κ3) is 2.97. The van der Waals surface area contributed by atoms with Gasteiger partial charge in [-0.2, -0.15) is 0 Å². The van der Waals surface area contributed by atoms with Crippen LogP contribution < -0.4 is 0 Å². The molecule has 2 aromatic rings. The fourth-order valence-electron chi connectivity index (χ4n) is 2.52. The number of aromatic nitrogens is 1. The van der Waals surface area contributed by atoms with E-state index in [1.54, 1.807) is 0 Å². The third-order valence-electron chi connectivity index (χ3n) is 3.71. The van der Waals surface area contributed by atoms with Gasteiger partial charge in [-0.25, -0.2) is 0 Å². The molecule has 1 fully saturated rings. The Balaban J connectivity index is 1.69. The van der Waals surface area contributed by atoms with E-state index in [1.165, 1.54) is 11.8 Å². The van der Waals surface area contributed by atoms with Crippen molar-refractivity contribution in [1.29, 1.82) is 0 Å². The minimum absolute atomic E-state index is 0.0547. The van der Waals surface area contributed by atoms with Crippen LogP contribution in [-0.2, 0) is 10.5 Å². The average Bonchev–Trinajstić information content (AvgIpc) is 3.00. The van der Waals surface area contributed by atoms with Gasteiger partial charge in [0.05, 0.1) is 11.6 Å². The highest BCUT2D eigenvalue weighted by molar-refractivity contribution is 7.99. The molecule has 1 aromatic heterocycles. The summed E-state index contributed by atoms with van der Waals surface area (Å²) >= 11 is 1.53. The Morgan fingerprint density at radius 3 is 3.10 bits per heavy atom. The van der Waals surface area contributed by atoms with Crippen LogP contribution in [0.3, 0.4) is 0 Å². The van der Waals surface area contributed by atoms with Crippen molar-refractivity contribution < 1.29 is 9.84 Å². The highest BCUT2D eigenvalue weighted by atomic mass is 32.2. The molecule has 1 aliphatic heterocycles. The van der Waals surface area contributed by atoms with E-state index in [9.17, 15) is 5.11 Å². The molecule has 1 saturated heterocycles. The molecule has 106 valence electrons. The second-order valence-electron chi connectivity index (χ2n) is 5.38. The second-order valence-corrected chi connectivity index (χ2v) is 6.79. The number of fused-ring (bicyclic) bond motifs is 1. The number of benzene rings is 1. The Kier molecular flexibility index (Phi) is 3.96. The summed E-state index contributed by atoms with van der Waals surface area (Å²) in [5.41, 5.74) is 2.14. The molecule has 0 bridgehead atoms. The maximum Gasteiger partial charge on any atom is 0.134 e. The molecule has 0 amide bonds. The lowest BCUT2D eigenvalue weighted by atomic mass is 10.1. The molecule has 1 N–H and O–H groups in total. The quantitative estimate of drug-likeness (QED) is 0.876. The van der Waals surface area contributed by atoms with Gasteiger partial charge in [-0.1, -0.05) is 18.2 Å². The monoisotopic (exact) mass is 289 g/mol. The summed E-state index contributed by atoms with van der Waals surface area (Å²) < 4.78 is 5.59. The Bertz CT molecular complexity index is 594. The van der Waals surface area contributed by atoms with Crippen molar-refractivity contribution in [3.05, 3.63) is 42.1 Å². The van der Waals surface area contributed by atoms with Crippen molar-refractivity contribution in [2.24, 2.45) is 0 Å². The van der Waals surface area contributed by atoms with Crippen LogP contribution in [0.15, 0.2) is 36.5 Å². The minimum Gasteiger partial charge on any atom is -0.377 e. The van der Waals surface area contributed by atoms with Gasteiger partial charge in [0.2, 0.25) is 0 Å². The van der Waals surface area contributed by atoms with Crippen LogP contribution in [0.25, 0.3) is 10.9 Å². The molecule has 20 heavy (non-hydrogen) atoms. The van der Waals surface area contributed by atoms with Crippen LogP contribution >= 0.6 is 11.8 Å². The average molecular weight is 289 g/mol. The minimum atomic E-state index is -0.831. The van der Waals surface area contributed by atoms with E-state index < -0.39 is 4.93 Å². The largest absolute Gasteiger partial charge is 0.377 e. The van der Waals surface area contributed by atoms with Crippen molar-refractivity contribution in [3.8, 4) is 0 Å². The van der Waals surface area contributed by atoms with E-state index in [0.29, 0.717) is 0 Å². The van der Waals surface area contributed by atoms with E-state index >= 15 is 0 Å². The molecule has 1 aliphatic rings. The summed E-state index contributed by atoms with van der Waals surface area (Å²) in [4.78, 5) is 3.62. The molecule has 4 heteroatoms. The number of nitrogens with zero attached hydrogens (tertiary/aromatic N) is 1. The van der Waals surface area contributed by atoms with Crippen LogP contribution in [0.1, 0.15) is 25.3 Å². The summed E-state index contributed by atoms with van der Waals surface area (Å²) in [6.07, 6.45) is 3.82. The van der Waals surface area contributed by atoms with Crippen LogP contribution in [0, 0.1) is 0 Å². The normalized spacial score (nSPS) is 22.0. The molecule has 0 radical (unpaired) electrons. The number of ether oxygens (including phenoxy) is 1. The van der Waals surface area contributed by atoms with Crippen LogP contribution in [0.5, 0.6) is 0 Å². The first-order valence-electron chi connectivity index (χ1n) is 6.97. The number of thioether (sulfide) groups is 1. The first kappa shape index (κ1) is 13.9. The highest BCUT2D eigenvalue weighted by Gasteiger charge is 2.35. The van der Waals surface area contributed by atoms with Crippen molar-refractivity contribution >= 4 is 22.7 Å². The predicted molar refractivity (Wildman–Crippen MR) is 82.6 cm³/mol. The molecule has 0 saturated carbocycles. The zero-order valence-corrected chi connectivity index (χ0v) is 12.4. The zero-order valence-electron chi connectivity index (χ0n) is 11.6. The van der Waals surface area contributed by atoms with E-state index in [-0.39, 0.29) is 6.10 Å². The first-order valence-corrected chi connectivity index (χ1v) is 7.95. The SMILES string of the molecule is C[C@](O)(SCc1cnc2ccccc2c1)[C@H]1CCCO1. The van der Waals surface area contributed by atoms with Gasteiger partial charge >= 0.3 is 0 Å². The van der Waals surface area contributed by atoms with Gasteiger partial charge in [-0.05, 0) is 37.5 Å². The molecule has 2 atom stereocenters. The number of hydrogen-bond donors (Lipinski definition) is 1. The molecule has 0 spiro atoms. The molecule has 3 nitrogen and oxygen atoms in total. The number of aliphatic hydroxyl groups is 1. The second kappa shape index (κ2) is 5.72. The van der Waals surface area contributed by atoms with Gasteiger partial charge < -0.3 is 9.84 Å². The molecule has 1 aromatic carbocycles. The van der Waals surface area contributed by atoms with Gasteiger partial charge in [-0.3, -0.25) is 4.98 Å². The molecule has 3 rings (SSSR count). The Morgan fingerprint density at radius 2 is 2.30 bits per heavy atom. The van der Waals surface area contributed by atoms with E-state index in [1.807, 2.05) is 31.3 Å². The van der Waals surface area contributed by atoms with E-state index in [0.717, 1.165) is 41.7 Å². The van der Waals surface area contributed by atoms with Crippen LogP contribution in [-0.4, -0.2) is 27.7 Å². The van der Waals surface area contributed by atoms with Crippen LogP contribution in [0.2, 0.25) is 0 Å². The van der Waals surface area contributed by atoms with Gasteiger partial charge in [0.1, 0.15) is 4.93 Å². The summed E-state index contributed by atoms with van der Waals surface area (Å²) in [5.74, 6) is 0.741. The summed E-state index contributed by atoms with van der Waals surface area (Å²) in [7, 11) is 0. The van der Waals surface area contributed by atoms with Gasteiger partial charge in [-0.15, -0.1) is 11.8 Å². The van der Waals surface area contributed by atoms with Crippen molar-refractivity contribution in [1.82, 2.24) is 4.98 Å². The molecule has 0 unspecified atom stereocenters. The fraction of sp³-hybridized carbons (Fsp3) is 0.438. The van der Waals surface area contributed by atoms with Gasteiger partial charge in [0.25, 0.3) is 0 Å². The Morgan fingerprint density at radius 1 is 1.45 bits per heavy atom. The fourth-order valence-corrected chi connectivity index (χ4v) is 3.51. The maximum atomic E-state index is 10.5. The number of rotatable bonds is 4. The van der Waals surface area contributed by atoms with E-state index in [2.05, 4.69) is 17.1 Å². The number of para-hydroxylation sites is 1. The lowest BCUT2D eigenvalue weighted by Gasteiger charge is -2.28. The zero-order chi connectivity index (χ0) is 14.0. The lowest BCUT2D eigenvalue weighted by Crippen LogP contribution is -2.35. The summed E-state index contributed by atoms with van der Waals surface area (Å²) in [6, 6.07) is 10.2.